The summed E-state index contributed by atoms with van der Waals surface area (Å²) in [6, 6.07) is 0.121. The lowest BCUT2D eigenvalue weighted by molar-refractivity contribution is 0.179. The summed E-state index contributed by atoms with van der Waals surface area (Å²) in [4.78, 5) is 3.88. The molecule has 2 unspecified atom stereocenters. The van der Waals surface area contributed by atoms with E-state index in [1.54, 1.807) is 6.92 Å². The van der Waals surface area contributed by atoms with E-state index < -0.39 is 0 Å². The van der Waals surface area contributed by atoms with Gasteiger partial charge in [-0.15, -0.1) is 5.10 Å². The molecule has 0 bridgehead atoms. The molecule has 0 aromatic carbocycles. The fourth-order valence-electron chi connectivity index (χ4n) is 1.13. The summed E-state index contributed by atoms with van der Waals surface area (Å²) in [7, 11) is 0. The monoisotopic (exact) mass is 185 g/mol. The maximum Gasteiger partial charge on any atom is 0.243 e. The fraction of sp³-hybridized carbons (Fsp3) is 0.714. The summed E-state index contributed by atoms with van der Waals surface area (Å²) in [6.45, 7) is 3.68. The number of hydrogen-bond donors (Lipinski definition) is 4. The number of rotatable bonds is 4. The number of H-pyrrole nitrogens is 1. The average Bonchev–Trinajstić information content (AvgIpc) is 2.33. The standard InChI is InChI=1S/C7H15N5O/c1-4(3-5(2)13)9-7-10-6(8)11-12-7/h4-5,13H,3H2,1-2H3,(H4,8,9,10,11,12). The number of anilines is 2. The van der Waals surface area contributed by atoms with E-state index in [2.05, 4.69) is 20.5 Å². The van der Waals surface area contributed by atoms with E-state index in [1.807, 2.05) is 6.92 Å². The molecule has 13 heavy (non-hydrogen) atoms. The molecule has 6 heteroatoms. The van der Waals surface area contributed by atoms with Gasteiger partial charge in [-0.3, -0.25) is 0 Å². The third kappa shape index (κ3) is 3.29. The SMILES string of the molecule is CC(O)CC(C)Nc1n[nH]c(N)n1. The lowest BCUT2D eigenvalue weighted by Gasteiger charge is -2.13. The Hall–Kier alpha value is -1.30. The number of aromatic nitrogens is 3. The van der Waals surface area contributed by atoms with Crippen LogP contribution >= 0.6 is 0 Å². The molecule has 0 amide bonds. The molecule has 0 spiro atoms. The zero-order valence-electron chi connectivity index (χ0n) is 7.78. The second-order valence-corrected chi connectivity index (χ2v) is 3.17. The Morgan fingerprint density at radius 1 is 1.62 bits per heavy atom. The molecule has 74 valence electrons. The van der Waals surface area contributed by atoms with E-state index in [9.17, 15) is 0 Å². The van der Waals surface area contributed by atoms with Gasteiger partial charge in [-0.2, -0.15) is 4.98 Å². The molecule has 0 aliphatic rings. The molecular weight excluding hydrogens is 170 g/mol. The number of aliphatic hydroxyl groups is 1. The first kappa shape index (κ1) is 9.79. The average molecular weight is 185 g/mol. The molecule has 0 radical (unpaired) electrons. The highest BCUT2D eigenvalue weighted by atomic mass is 16.3. The van der Waals surface area contributed by atoms with Crippen LogP contribution in [-0.2, 0) is 0 Å². The van der Waals surface area contributed by atoms with Gasteiger partial charge in [-0.05, 0) is 20.3 Å². The van der Waals surface area contributed by atoms with Gasteiger partial charge in [0.1, 0.15) is 0 Å². The van der Waals surface area contributed by atoms with Crippen LogP contribution in [0.1, 0.15) is 20.3 Å². The van der Waals surface area contributed by atoms with Crippen molar-refractivity contribution in [2.24, 2.45) is 0 Å². The highest BCUT2D eigenvalue weighted by Crippen LogP contribution is 2.05. The van der Waals surface area contributed by atoms with Gasteiger partial charge in [-0.1, -0.05) is 0 Å². The summed E-state index contributed by atoms with van der Waals surface area (Å²) < 4.78 is 0. The number of hydrogen-bond acceptors (Lipinski definition) is 5. The second-order valence-electron chi connectivity index (χ2n) is 3.17. The van der Waals surface area contributed by atoms with Gasteiger partial charge in [0.2, 0.25) is 11.9 Å². The Bertz CT molecular complexity index is 259. The lowest BCUT2D eigenvalue weighted by Crippen LogP contribution is -2.21. The van der Waals surface area contributed by atoms with Crippen molar-refractivity contribution in [3.05, 3.63) is 0 Å². The van der Waals surface area contributed by atoms with Gasteiger partial charge in [0.25, 0.3) is 0 Å². The summed E-state index contributed by atoms with van der Waals surface area (Å²) >= 11 is 0. The zero-order chi connectivity index (χ0) is 9.84. The smallest absolute Gasteiger partial charge is 0.243 e. The highest BCUT2D eigenvalue weighted by molar-refractivity contribution is 5.30. The summed E-state index contributed by atoms with van der Waals surface area (Å²) in [5.41, 5.74) is 5.34. The molecule has 1 heterocycles. The highest BCUT2D eigenvalue weighted by Gasteiger charge is 2.07. The molecule has 0 aliphatic heterocycles. The molecule has 2 atom stereocenters. The Morgan fingerprint density at radius 3 is 2.77 bits per heavy atom. The summed E-state index contributed by atoms with van der Waals surface area (Å²) in [6.07, 6.45) is 0.313. The van der Waals surface area contributed by atoms with E-state index in [4.69, 9.17) is 10.8 Å². The van der Waals surface area contributed by atoms with Crippen molar-refractivity contribution < 1.29 is 5.11 Å². The Balaban J connectivity index is 2.40. The number of nitrogens with one attached hydrogen (secondary N) is 2. The molecule has 1 rings (SSSR count). The molecule has 0 fully saturated rings. The van der Waals surface area contributed by atoms with Crippen LogP contribution in [0.5, 0.6) is 0 Å². The molecule has 5 N–H and O–H groups in total. The van der Waals surface area contributed by atoms with Gasteiger partial charge in [0, 0.05) is 6.04 Å². The number of nitrogen functional groups attached to an aromatic ring is 1. The number of nitrogens with two attached hydrogens (primary N) is 1. The van der Waals surface area contributed by atoms with Crippen LogP contribution in [0.25, 0.3) is 0 Å². The van der Waals surface area contributed by atoms with Crippen LogP contribution in [0.4, 0.5) is 11.9 Å². The summed E-state index contributed by atoms with van der Waals surface area (Å²) in [5.74, 6) is 0.748. The van der Waals surface area contributed by atoms with Crippen molar-refractivity contribution in [2.45, 2.75) is 32.4 Å². The van der Waals surface area contributed by atoms with Gasteiger partial charge >= 0.3 is 0 Å². The Labute approximate surface area is 76.6 Å². The van der Waals surface area contributed by atoms with E-state index in [-0.39, 0.29) is 18.1 Å². The van der Waals surface area contributed by atoms with Crippen LogP contribution in [0.3, 0.4) is 0 Å². The van der Waals surface area contributed by atoms with Gasteiger partial charge in [0.05, 0.1) is 6.10 Å². The molecule has 1 aromatic rings. The Morgan fingerprint density at radius 2 is 2.31 bits per heavy atom. The number of nitrogens with zero attached hydrogens (tertiary/aromatic N) is 2. The van der Waals surface area contributed by atoms with Crippen molar-refractivity contribution in [2.75, 3.05) is 11.1 Å². The van der Waals surface area contributed by atoms with Crippen LogP contribution in [-0.4, -0.2) is 32.4 Å². The summed E-state index contributed by atoms with van der Waals surface area (Å²) in [5, 5.41) is 18.4. The predicted octanol–water partition coefficient (Wildman–Crippen LogP) is -0.0418. The van der Waals surface area contributed by atoms with E-state index in [1.165, 1.54) is 0 Å². The lowest BCUT2D eigenvalue weighted by atomic mass is 10.2. The quantitative estimate of drug-likeness (QED) is 0.527. The first-order valence-corrected chi connectivity index (χ1v) is 4.20. The first-order chi connectivity index (χ1) is 6.08. The molecule has 0 saturated heterocycles. The van der Waals surface area contributed by atoms with Crippen molar-refractivity contribution in [1.82, 2.24) is 15.2 Å². The molecule has 0 aliphatic carbocycles. The predicted molar refractivity (Wildman–Crippen MR) is 50.2 cm³/mol. The largest absolute Gasteiger partial charge is 0.393 e. The van der Waals surface area contributed by atoms with E-state index in [0.717, 1.165) is 0 Å². The minimum atomic E-state index is -0.334. The first-order valence-electron chi connectivity index (χ1n) is 4.20. The van der Waals surface area contributed by atoms with Gasteiger partial charge in [0.15, 0.2) is 0 Å². The van der Waals surface area contributed by atoms with Crippen LogP contribution < -0.4 is 11.1 Å². The van der Waals surface area contributed by atoms with Gasteiger partial charge in [-0.25, -0.2) is 5.10 Å². The molecule has 0 saturated carbocycles. The maximum atomic E-state index is 9.09. The maximum absolute atomic E-state index is 9.09. The van der Waals surface area contributed by atoms with Gasteiger partial charge < -0.3 is 16.2 Å². The van der Waals surface area contributed by atoms with E-state index in [0.29, 0.717) is 12.4 Å². The van der Waals surface area contributed by atoms with Crippen molar-refractivity contribution >= 4 is 11.9 Å². The number of aliphatic hydroxyl groups excluding tert-OH is 1. The topological polar surface area (TPSA) is 99.8 Å². The minimum absolute atomic E-state index is 0.121. The van der Waals surface area contributed by atoms with Crippen molar-refractivity contribution in [3.8, 4) is 0 Å². The van der Waals surface area contributed by atoms with Crippen LogP contribution in [0, 0.1) is 0 Å². The second kappa shape index (κ2) is 4.08. The minimum Gasteiger partial charge on any atom is -0.393 e. The van der Waals surface area contributed by atoms with Crippen LogP contribution in [0.2, 0.25) is 0 Å². The molecular formula is C7H15N5O. The van der Waals surface area contributed by atoms with Crippen LogP contribution in [0.15, 0.2) is 0 Å². The fourth-order valence-corrected chi connectivity index (χ4v) is 1.13. The zero-order valence-corrected chi connectivity index (χ0v) is 7.78. The van der Waals surface area contributed by atoms with E-state index >= 15 is 0 Å². The van der Waals surface area contributed by atoms with Crippen molar-refractivity contribution in [3.63, 3.8) is 0 Å². The normalized spacial score (nSPS) is 15.3. The molecule has 1 aromatic heterocycles. The Kier molecular flexibility index (Phi) is 3.07. The molecule has 6 nitrogen and oxygen atoms in total. The third-order valence-electron chi connectivity index (χ3n) is 1.57. The number of aromatic amines is 1. The van der Waals surface area contributed by atoms with Crippen molar-refractivity contribution in [1.29, 1.82) is 0 Å². The third-order valence-corrected chi connectivity index (χ3v) is 1.57.